The zero-order valence-corrected chi connectivity index (χ0v) is 10.8. The van der Waals surface area contributed by atoms with E-state index in [0.717, 1.165) is 10.2 Å². The summed E-state index contributed by atoms with van der Waals surface area (Å²) in [5.41, 5.74) is 0. The van der Waals surface area contributed by atoms with Crippen molar-refractivity contribution in [2.24, 2.45) is 5.92 Å². The summed E-state index contributed by atoms with van der Waals surface area (Å²) < 4.78 is 5.05. The molecular formula is C10H14N2O2S2. The zero-order chi connectivity index (χ0) is 11.7. The van der Waals surface area contributed by atoms with Crippen LogP contribution < -0.4 is 0 Å². The van der Waals surface area contributed by atoms with Crippen molar-refractivity contribution in [3.05, 3.63) is 5.82 Å². The largest absolute Gasteiger partial charge is 0.480 e. The summed E-state index contributed by atoms with van der Waals surface area (Å²) >= 11 is 2.64. The first-order valence-corrected chi connectivity index (χ1v) is 6.96. The number of carbonyl (C=O) groups is 1. The quantitative estimate of drug-likeness (QED) is 0.822. The molecule has 2 rings (SSSR count). The van der Waals surface area contributed by atoms with Crippen LogP contribution in [-0.4, -0.2) is 25.7 Å². The smallest absolute Gasteiger partial charge is 0.317 e. The van der Waals surface area contributed by atoms with Gasteiger partial charge in [0.2, 0.25) is 0 Å². The maximum Gasteiger partial charge on any atom is 0.317 e. The number of aliphatic carboxylic acids is 1. The molecule has 4 nitrogen and oxygen atoms in total. The Kier molecular flexibility index (Phi) is 3.49. The second kappa shape index (κ2) is 4.71. The number of rotatable bonds is 5. The number of nitrogens with zero attached hydrogens (tertiary/aromatic N) is 2. The van der Waals surface area contributed by atoms with Gasteiger partial charge in [-0.3, -0.25) is 4.79 Å². The van der Waals surface area contributed by atoms with Crippen molar-refractivity contribution in [2.75, 3.05) is 0 Å². The van der Waals surface area contributed by atoms with Crippen LogP contribution in [-0.2, 0) is 4.79 Å². The molecule has 0 aliphatic heterocycles. The molecule has 1 aromatic heterocycles. The van der Waals surface area contributed by atoms with Gasteiger partial charge in [0.25, 0.3) is 0 Å². The minimum absolute atomic E-state index is 0.0933. The van der Waals surface area contributed by atoms with E-state index in [1.807, 2.05) is 13.8 Å². The van der Waals surface area contributed by atoms with E-state index in [1.165, 1.54) is 36.1 Å². The summed E-state index contributed by atoms with van der Waals surface area (Å²) in [6.45, 7) is 3.82. The molecule has 16 heavy (non-hydrogen) atoms. The highest BCUT2D eigenvalue weighted by molar-refractivity contribution is 8.02. The van der Waals surface area contributed by atoms with Gasteiger partial charge in [-0.05, 0) is 30.3 Å². The molecule has 1 aliphatic carbocycles. The number of carboxylic acid groups (broad SMARTS) is 1. The summed E-state index contributed by atoms with van der Waals surface area (Å²) in [6, 6.07) is 0. The number of hydrogen-bond acceptors (Lipinski definition) is 5. The molecule has 1 heterocycles. The van der Waals surface area contributed by atoms with Gasteiger partial charge in [-0.25, -0.2) is 4.98 Å². The number of thioether (sulfide) groups is 1. The van der Waals surface area contributed by atoms with Gasteiger partial charge >= 0.3 is 5.97 Å². The van der Waals surface area contributed by atoms with E-state index in [0.29, 0.717) is 5.92 Å². The van der Waals surface area contributed by atoms with Crippen molar-refractivity contribution in [2.45, 2.75) is 42.2 Å². The third-order valence-corrected chi connectivity index (χ3v) is 4.77. The molecule has 1 N–H and O–H groups in total. The SMILES string of the molecule is CC(C)C(Sc1nc(C2CC2)ns1)C(=O)O. The molecule has 0 bridgehead atoms. The lowest BCUT2D eigenvalue weighted by molar-refractivity contribution is -0.137. The van der Waals surface area contributed by atoms with Crippen molar-refractivity contribution < 1.29 is 9.90 Å². The lowest BCUT2D eigenvalue weighted by Crippen LogP contribution is -2.22. The van der Waals surface area contributed by atoms with Crippen LogP contribution in [0.1, 0.15) is 38.4 Å². The standard InChI is InChI=1S/C10H14N2O2S2/c1-5(2)7(9(13)14)15-10-11-8(12-16-10)6-3-4-6/h5-7H,3-4H2,1-2H3,(H,13,14). The third-order valence-electron chi connectivity index (χ3n) is 2.44. The Hall–Kier alpha value is -0.620. The first-order valence-electron chi connectivity index (χ1n) is 5.31. The Balaban J connectivity index is 2.03. The minimum Gasteiger partial charge on any atom is -0.480 e. The fourth-order valence-corrected chi connectivity index (χ4v) is 3.18. The molecule has 1 fully saturated rings. The maximum atomic E-state index is 11.0. The summed E-state index contributed by atoms with van der Waals surface area (Å²) in [7, 11) is 0. The van der Waals surface area contributed by atoms with Gasteiger partial charge in [0.05, 0.1) is 0 Å². The molecule has 6 heteroatoms. The molecule has 1 atom stereocenters. The Morgan fingerprint density at radius 2 is 2.25 bits per heavy atom. The fourth-order valence-electron chi connectivity index (χ4n) is 1.36. The Morgan fingerprint density at radius 1 is 1.56 bits per heavy atom. The van der Waals surface area contributed by atoms with Gasteiger partial charge in [-0.1, -0.05) is 25.6 Å². The average Bonchev–Trinajstić information content (AvgIpc) is 2.94. The minimum atomic E-state index is -0.775. The highest BCUT2D eigenvalue weighted by atomic mass is 32.2. The van der Waals surface area contributed by atoms with E-state index in [-0.39, 0.29) is 5.92 Å². The molecule has 0 saturated heterocycles. The summed E-state index contributed by atoms with van der Waals surface area (Å²) in [5.74, 6) is 0.757. The van der Waals surface area contributed by atoms with Crippen LogP contribution in [0.2, 0.25) is 0 Å². The Labute approximate surface area is 103 Å². The van der Waals surface area contributed by atoms with Crippen molar-refractivity contribution in [1.82, 2.24) is 9.36 Å². The number of aromatic nitrogens is 2. The zero-order valence-electron chi connectivity index (χ0n) is 9.21. The molecule has 1 saturated carbocycles. The van der Waals surface area contributed by atoms with Crippen molar-refractivity contribution in [3.63, 3.8) is 0 Å². The second-order valence-electron chi connectivity index (χ2n) is 4.31. The topological polar surface area (TPSA) is 63.1 Å². The number of hydrogen-bond donors (Lipinski definition) is 1. The lowest BCUT2D eigenvalue weighted by atomic mass is 10.1. The first-order chi connectivity index (χ1) is 7.58. The highest BCUT2D eigenvalue weighted by Gasteiger charge is 2.29. The first kappa shape index (κ1) is 11.9. The molecule has 0 radical (unpaired) electrons. The summed E-state index contributed by atoms with van der Waals surface area (Å²) in [5, 5.41) is 8.64. The van der Waals surface area contributed by atoms with Crippen LogP contribution >= 0.6 is 23.3 Å². The molecule has 1 unspecified atom stereocenters. The van der Waals surface area contributed by atoms with Gasteiger partial charge < -0.3 is 5.11 Å². The van der Waals surface area contributed by atoms with E-state index < -0.39 is 11.2 Å². The number of carboxylic acids is 1. The lowest BCUT2D eigenvalue weighted by Gasteiger charge is -2.12. The van der Waals surface area contributed by atoms with Crippen molar-refractivity contribution >= 4 is 29.3 Å². The molecule has 0 spiro atoms. The predicted molar refractivity (Wildman–Crippen MR) is 64.0 cm³/mol. The van der Waals surface area contributed by atoms with E-state index in [9.17, 15) is 4.79 Å². The molecule has 88 valence electrons. The second-order valence-corrected chi connectivity index (χ2v) is 6.45. The van der Waals surface area contributed by atoms with Crippen LogP contribution in [0.5, 0.6) is 0 Å². The monoisotopic (exact) mass is 258 g/mol. The van der Waals surface area contributed by atoms with Crippen LogP contribution in [0.25, 0.3) is 0 Å². The molecular weight excluding hydrogens is 244 g/mol. The van der Waals surface area contributed by atoms with E-state index >= 15 is 0 Å². The normalized spacial score (nSPS) is 17.7. The maximum absolute atomic E-state index is 11.0. The fraction of sp³-hybridized carbons (Fsp3) is 0.700. The van der Waals surface area contributed by atoms with E-state index in [2.05, 4.69) is 9.36 Å². The third kappa shape index (κ3) is 2.74. The van der Waals surface area contributed by atoms with E-state index in [1.54, 1.807) is 0 Å². The van der Waals surface area contributed by atoms with Crippen molar-refractivity contribution in [1.29, 1.82) is 0 Å². The molecule has 0 amide bonds. The van der Waals surface area contributed by atoms with Gasteiger partial charge in [0, 0.05) is 5.92 Å². The van der Waals surface area contributed by atoms with Gasteiger partial charge in [-0.2, -0.15) is 4.37 Å². The van der Waals surface area contributed by atoms with Crippen LogP contribution in [0.3, 0.4) is 0 Å². The van der Waals surface area contributed by atoms with Crippen LogP contribution in [0, 0.1) is 5.92 Å². The van der Waals surface area contributed by atoms with E-state index in [4.69, 9.17) is 5.11 Å². The van der Waals surface area contributed by atoms with Gasteiger partial charge in [0.15, 0.2) is 4.34 Å². The predicted octanol–water partition coefficient (Wildman–Crippen LogP) is 2.62. The van der Waals surface area contributed by atoms with Crippen LogP contribution in [0.15, 0.2) is 4.34 Å². The highest BCUT2D eigenvalue weighted by Crippen LogP contribution is 2.40. The Bertz CT molecular complexity index is 388. The summed E-state index contributed by atoms with van der Waals surface area (Å²) in [4.78, 5) is 15.4. The van der Waals surface area contributed by atoms with Gasteiger partial charge in [-0.15, -0.1) is 0 Å². The average molecular weight is 258 g/mol. The van der Waals surface area contributed by atoms with Gasteiger partial charge in [0.1, 0.15) is 11.1 Å². The van der Waals surface area contributed by atoms with Crippen molar-refractivity contribution in [3.8, 4) is 0 Å². The van der Waals surface area contributed by atoms with Crippen LogP contribution in [0.4, 0.5) is 0 Å². The Morgan fingerprint density at radius 3 is 2.75 bits per heavy atom. The summed E-state index contributed by atoms with van der Waals surface area (Å²) in [6.07, 6.45) is 2.35. The molecule has 1 aromatic rings. The molecule has 0 aromatic carbocycles. The molecule has 1 aliphatic rings.